The van der Waals surface area contributed by atoms with E-state index in [4.69, 9.17) is 4.52 Å². The van der Waals surface area contributed by atoms with Crippen molar-refractivity contribution in [3.8, 4) is 0 Å². The zero-order valence-electron chi connectivity index (χ0n) is 10.0. The van der Waals surface area contributed by atoms with Crippen LogP contribution in [0.25, 0.3) is 0 Å². The Morgan fingerprint density at radius 2 is 1.56 bits per heavy atom. The fraction of sp³-hybridized carbons (Fsp3) is 0.143. The largest absolute Gasteiger partial charge is 0.322 e. The van der Waals surface area contributed by atoms with Gasteiger partial charge in [0.05, 0.1) is 6.61 Å². The summed E-state index contributed by atoms with van der Waals surface area (Å²) in [6.45, 7) is 2.13. The molecule has 2 aromatic carbocycles. The molecule has 0 aliphatic heterocycles. The third kappa shape index (κ3) is 2.53. The van der Waals surface area contributed by atoms with Crippen LogP contribution < -0.4 is 10.6 Å². The number of rotatable bonds is 4. The van der Waals surface area contributed by atoms with Crippen LogP contribution in [0.15, 0.2) is 54.6 Å². The van der Waals surface area contributed by atoms with Gasteiger partial charge in [0, 0.05) is 10.6 Å². The summed E-state index contributed by atoms with van der Waals surface area (Å²) in [5.41, 5.74) is 0. The Hall–Kier alpha value is -1.44. The Morgan fingerprint density at radius 3 is 2.11 bits per heavy atom. The summed E-state index contributed by atoms with van der Waals surface area (Å²) in [4.78, 5) is 0. The lowest BCUT2D eigenvalue weighted by molar-refractivity contribution is 0.348. The van der Waals surface area contributed by atoms with Crippen LogP contribution in [0, 0.1) is 5.82 Å². The molecule has 0 saturated heterocycles. The van der Waals surface area contributed by atoms with E-state index in [0.717, 1.165) is 0 Å². The van der Waals surface area contributed by atoms with Crippen LogP contribution >= 0.6 is 7.37 Å². The Bertz CT molecular complexity index is 552. The molecule has 1 atom stereocenters. The maximum absolute atomic E-state index is 13.0. The van der Waals surface area contributed by atoms with Gasteiger partial charge in [-0.2, -0.15) is 0 Å². The molecule has 0 fully saturated rings. The van der Waals surface area contributed by atoms with Gasteiger partial charge in [-0.25, -0.2) is 4.39 Å². The third-order valence-corrected chi connectivity index (χ3v) is 5.15. The van der Waals surface area contributed by atoms with Crippen molar-refractivity contribution >= 4 is 18.0 Å². The maximum atomic E-state index is 13.0. The van der Waals surface area contributed by atoms with E-state index in [1.54, 1.807) is 19.1 Å². The van der Waals surface area contributed by atoms with Gasteiger partial charge >= 0.3 is 0 Å². The highest BCUT2D eigenvalue weighted by molar-refractivity contribution is 7.74. The molecule has 2 rings (SSSR count). The molecule has 4 heteroatoms. The van der Waals surface area contributed by atoms with Crippen molar-refractivity contribution in [2.24, 2.45) is 0 Å². The fourth-order valence-corrected chi connectivity index (χ4v) is 3.81. The van der Waals surface area contributed by atoms with Gasteiger partial charge in [0.1, 0.15) is 5.82 Å². The normalized spacial score (nSPS) is 14.1. The lowest BCUT2D eigenvalue weighted by atomic mass is 10.3. The van der Waals surface area contributed by atoms with Crippen LogP contribution in [0.3, 0.4) is 0 Å². The van der Waals surface area contributed by atoms with Crippen LogP contribution in [0.1, 0.15) is 6.92 Å². The van der Waals surface area contributed by atoms with Crippen LogP contribution in [0.2, 0.25) is 0 Å². The summed E-state index contributed by atoms with van der Waals surface area (Å²) in [6, 6.07) is 14.6. The summed E-state index contributed by atoms with van der Waals surface area (Å²) in [6.07, 6.45) is 0. The van der Waals surface area contributed by atoms with Crippen molar-refractivity contribution in [2.45, 2.75) is 6.92 Å². The smallest absolute Gasteiger partial charge is 0.261 e. The first-order chi connectivity index (χ1) is 8.66. The quantitative estimate of drug-likeness (QED) is 0.793. The Balaban J connectivity index is 2.51. The highest BCUT2D eigenvalue weighted by Gasteiger charge is 2.27. The number of benzene rings is 2. The van der Waals surface area contributed by atoms with Crippen molar-refractivity contribution < 1.29 is 13.5 Å². The summed E-state index contributed by atoms with van der Waals surface area (Å²) in [5.74, 6) is -0.352. The average molecular weight is 264 g/mol. The molecular formula is C14H14FO2P. The van der Waals surface area contributed by atoms with E-state index in [2.05, 4.69) is 0 Å². The van der Waals surface area contributed by atoms with Crippen LogP contribution in [-0.2, 0) is 9.09 Å². The van der Waals surface area contributed by atoms with Crippen LogP contribution in [-0.4, -0.2) is 6.61 Å². The number of hydrogen-bond acceptors (Lipinski definition) is 2. The summed E-state index contributed by atoms with van der Waals surface area (Å²) in [7, 11) is -3.11. The highest BCUT2D eigenvalue weighted by atomic mass is 31.2. The Labute approximate surface area is 106 Å². The van der Waals surface area contributed by atoms with Gasteiger partial charge in [0.25, 0.3) is 7.37 Å². The van der Waals surface area contributed by atoms with Gasteiger partial charge in [-0.05, 0) is 43.3 Å². The van der Waals surface area contributed by atoms with Crippen molar-refractivity contribution in [3.05, 3.63) is 60.4 Å². The van der Waals surface area contributed by atoms with E-state index in [-0.39, 0.29) is 5.82 Å². The lowest BCUT2D eigenvalue weighted by Gasteiger charge is -2.18. The van der Waals surface area contributed by atoms with Crippen molar-refractivity contribution in [2.75, 3.05) is 6.61 Å². The SMILES string of the molecule is CCOP(=O)(c1ccccc1)c1ccc(F)cc1. The summed E-state index contributed by atoms with van der Waals surface area (Å²) >= 11 is 0. The van der Waals surface area contributed by atoms with Gasteiger partial charge in [-0.1, -0.05) is 18.2 Å². The molecule has 0 aliphatic rings. The number of halogens is 1. The van der Waals surface area contributed by atoms with E-state index in [1.165, 1.54) is 24.3 Å². The molecule has 0 bridgehead atoms. The summed E-state index contributed by atoms with van der Waals surface area (Å²) < 4.78 is 31.4. The van der Waals surface area contributed by atoms with E-state index in [0.29, 0.717) is 17.2 Å². The van der Waals surface area contributed by atoms with E-state index < -0.39 is 7.37 Å². The van der Waals surface area contributed by atoms with Gasteiger partial charge in [-0.3, -0.25) is 4.57 Å². The minimum Gasteiger partial charge on any atom is -0.322 e. The minimum absolute atomic E-state index is 0.337. The highest BCUT2D eigenvalue weighted by Crippen LogP contribution is 2.44. The topological polar surface area (TPSA) is 26.3 Å². The van der Waals surface area contributed by atoms with Crippen molar-refractivity contribution in [3.63, 3.8) is 0 Å². The molecular weight excluding hydrogens is 250 g/mol. The zero-order chi connectivity index (χ0) is 13.0. The number of hydrogen-bond donors (Lipinski definition) is 0. The molecule has 0 spiro atoms. The van der Waals surface area contributed by atoms with Crippen LogP contribution in [0.5, 0.6) is 0 Å². The fourth-order valence-electron chi connectivity index (χ4n) is 1.74. The Morgan fingerprint density at radius 1 is 1.00 bits per heavy atom. The molecule has 2 aromatic rings. The molecule has 18 heavy (non-hydrogen) atoms. The predicted octanol–water partition coefficient (Wildman–Crippen LogP) is 3.09. The first-order valence-electron chi connectivity index (χ1n) is 5.73. The molecule has 0 amide bonds. The Kier molecular flexibility index (Phi) is 3.95. The maximum Gasteiger partial charge on any atom is 0.261 e. The second-order valence-electron chi connectivity index (χ2n) is 3.78. The third-order valence-electron chi connectivity index (χ3n) is 2.57. The first kappa shape index (κ1) is 13.0. The molecule has 0 N–H and O–H groups in total. The monoisotopic (exact) mass is 264 g/mol. The van der Waals surface area contributed by atoms with Gasteiger partial charge < -0.3 is 4.52 Å². The van der Waals surface area contributed by atoms with Crippen LogP contribution in [0.4, 0.5) is 4.39 Å². The molecule has 1 unspecified atom stereocenters. The second kappa shape index (κ2) is 5.47. The lowest BCUT2D eigenvalue weighted by Crippen LogP contribution is -2.18. The van der Waals surface area contributed by atoms with Gasteiger partial charge in [0.2, 0.25) is 0 Å². The van der Waals surface area contributed by atoms with E-state index in [1.807, 2.05) is 18.2 Å². The molecule has 94 valence electrons. The molecule has 0 aromatic heterocycles. The molecule has 0 radical (unpaired) electrons. The first-order valence-corrected chi connectivity index (χ1v) is 7.35. The van der Waals surface area contributed by atoms with Crippen molar-refractivity contribution in [1.82, 2.24) is 0 Å². The standard InChI is InChI=1S/C14H14FO2P/c1-2-17-18(16,13-6-4-3-5-7-13)14-10-8-12(15)9-11-14/h3-11H,2H2,1H3. The summed E-state index contributed by atoms with van der Waals surface area (Å²) in [5, 5.41) is 1.13. The van der Waals surface area contributed by atoms with Gasteiger partial charge in [-0.15, -0.1) is 0 Å². The second-order valence-corrected chi connectivity index (χ2v) is 6.18. The zero-order valence-corrected chi connectivity index (χ0v) is 10.9. The minimum atomic E-state index is -3.11. The molecule has 2 nitrogen and oxygen atoms in total. The van der Waals surface area contributed by atoms with Crippen molar-refractivity contribution in [1.29, 1.82) is 0 Å². The van der Waals surface area contributed by atoms with E-state index in [9.17, 15) is 8.96 Å². The molecule has 0 heterocycles. The molecule has 0 saturated carbocycles. The average Bonchev–Trinajstić information content (AvgIpc) is 2.40. The van der Waals surface area contributed by atoms with E-state index >= 15 is 0 Å². The van der Waals surface area contributed by atoms with Gasteiger partial charge in [0.15, 0.2) is 0 Å². The predicted molar refractivity (Wildman–Crippen MR) is 71.3 cm³/mol. The molecule has 0 aliphatic carbocycles.